The molecule has 0 radical (unpaired) electrons. The molecule has 0 bridgehead atoms. The van der Waals surface area contributed by atoms with Crippen LogP contribution in [0.1, 0.15) is 19.7 Å². The van der Waals surface area contributed by atoms with Crippen LogP contribution in [-0.2, 0) is 4.79 Å². The predicted octanol–water partition coefficient (Wildman–Crippen LogP) is 1.49. The number of nitrogens with one attached hydrogen (secondary N) is 1. The van der Waals surface area contributed by atoms with Gasteiger partial charge in [0.2, 0.25) is 11.8 Å². The smallest absolute Gasteiger partial charge is 0.322 e. The maximum absolute atomic E-state index is 11.4. The molecule has 0 saturated carbocycles. The van der Waals surface area contributed by atoms with E-state index in [0.29, 0.717) is 5.89 Å². The second kappa shape index (κ2) is 3.45. The summed E-state index contributed by atoms with van der Waals surface area (Å²) in [6, 6.07) is 0.120. The van der Waals surface area contributed by atoms with Gasteiger partial charge in [-0.25, -0.2) is 0 Å². The Balaban J connectivity index is 2.65. The summed E-state index contributed by atoms with van der Waals surface area (Å²) in [5.41, 5.74) is 0. The number of hydrogen-bond donors (Lipinski definition) is 1. The lowest BCUT2D eigenvalue weighted by Gasteiger charge is -2.12. The van der Waals surface area contributed by atoms with Gasteiger partial charge in [0.15, 0.2) is 0 Å². The van der Waals surface area contributed by atoms with Gasteiger partial charge in [-0.05, 0) is 13.8 Å². The summed E-state index contributed by atoms with van der Waals surface area (Å²) in [4.78, 5) is 11.4. The first kappa shape index (κ1) is 10.2. The molecule has 1 N–H and O–H groups in total. The van der Waals surface area contributed by atoms with Crippen molar-refractivity contribution in [2.24, 2.45) is 0 Å². The minimum atomic E-state index is -0.643. The fraction of sp³-hybridized carbons (Fsp3) is 0.571. The predicted molar refractivity (Wildman–Crippen MR) is 50.7 cm³/mol. The van der Waals surface area contributed by atoms with Crippen molar-refractivity contribution in [2.75, 3.05) is 5.32 Å². The first-order valence-corrected chi connectivity index (χ1v) is 4.49. The van der Waals surface area contributed by atoms with Gasteiger partial charge < -0.3 is 4.42 Å². The Hall–Kier alpha value is -0.910. The van der Waals surface area contributed by atoms with Crippen LogP contribution in [0, 0.1) is 6.92 Å². The van der Waals surface area contributed by atoms with Gasteiger partial charge >= 0.3 is 6.01 Å². The molecule has 1 rings (SSSR count). The molecule has 0 spiro atoms. The van der Waals surface area contributed by atoms with Gasteiger partial charge in [-0.15, -0.1) is 5.10 Å². The summed E-state index contributed by atoms with van der Waals surface area (Å²) in [6.45, 7) is 5.11. The molecule has 0 aliphatic rings. The van der Waals surface area contributed by atoms with Gasteiger partial charge in [0.05, 0.1) is 4.32 Å². The first-order valence-electron chi connectivity index (χ1n) is 3.70. The van der Waals surface area contributed by atoms with Gasteiger partial charge in [0.1, 0.15) is 0 Å². The SMILES string of the molecule is Cc1nnc(NC(=O)C(C)(C)Br)o1. The standard InChI is InChI=1S/C7H10BrN3O2/c1-4-10-11-6(13-4)9-5(12)7(2,3)8/h1-3H3,(H,9,11,12). The van der Waals surface area contributed by atoms with Crippen molar-refractivity contribution in [2.45, 2.75) is 25.1 Å². The first-order chi connectivity index (χ1) is 5.89. The molecule has 1 aromatic rings. The van der Waals surface area contributed by atoms with E-state index < -0.39 is 4.32 Å². The molecule has 0 aliphatic heterocycles. The van der Waals surface area contributed by atoms with E-state index in [0.717, 1.165) is 0 Å². The van der Waals surface area contributed by atoms with Crippen LogP contribution in [-0.4, -0.2) is 20.4 Å². The molecular weight excluding hydrogens is 238 g/mol. The highest BCUT2D eigenvalue weighted by Gasteiger charge is 2.24. The fourth-order valence-corrected chi connectivity index (χ4v) is 0.692. The number of aryl methyl sites for hydroxylation is 1. The van der Waals surface area contributed by atoms with Crippen molar-refractivity contribution in [3.05, 3.63) is 5.89 Å². The van der Waals surface area contributed by atoms with Crippen molar-refractivity contribution in [3.63, 3.8) is 0 Å². The summed E-state index contributed by atoms with van der Waals surface area (Å²) in [6.07, 6.45) is 0. The number of aromatic nitrogens is 2. The summed E-state index contributed by atoms with van der Waals surface area (Å²) < 4.78 is 4.33. The number of anilines is 1. The van der Waals surface area contributed by atoms with E-state index in [2.05, 4.69) is 31.4 Å². The highest BCUT2D eigenvalue weighted by molar-refractivity contribution is 9.10. The van der Waals surface area contributed by atoms with E-state index >= 15 is 0 Å². The number of carbonyl (C=O) groups excluding carboxylic acids is 1. The zero-order chi connectivity index (χ0) is 10.1. The third kappa shape index (κ3) is 2.80. The molecule has 13 heavy (non-hydrogen) atoms. The molecule has 0 fully saturated rings. The van der Waals surface area contributed by atoms with Crippen LogP contribution >= 0.6 is 15.9 Å². The minimum absolute atomic E-state index is 0.120. The molecule has 0 saturated heterocycles. The average molecular weight is 248 g/mol. The van der Waals surface area contributed by atoms with Crippen molar-refractivity contribution in [1.82, 2.24) is 10.2 Å². The normalized spacial score (nSPS) is 11.4. The topological polar surface area (TPSA) is 68.0 Å². The lowest BCUT2D eigenvalue weighted by atomic mass is 10.2. The summed E-state index contributed by atoms with van der Waals surface area (Å²) in [7, 11) is 0. The molecule has 1 heterocycles. The number of carbonyl (C=O) groups is 1. The number of alkyl halides is 1. The Bertz CT molecular complexity index is 316. The summed E-state index contributed by atoms with van der Waals surface area (Å²) >= 11 is 3.21. The highest BCUT2D eigenvalue weighted by Crippen LogP contribution is 2.18. The molecule has 0 aromatic carbocycles. The van der Waals surface area contributed by atoms with Crippen LogP contribution in [0.3, 0.4) is 0 Å². The molecule has 5 nitrogen and oxygen atoms in total. The van der Waals surface area contributed by atoms with Gasteiger partial charge in [0, 0.05) is 6.92 Å². The third-order valence-corrected chi connectivity index (χ3v) is 1.65. The molecule has 0 atom stereocenters. The van der Waals surface area contributed by atoms with Crippen molar-refractivity contribution in [3.8, 4) is 0 Å². The number of hydrogen-bond acceptors (Lipinski definition) is 4. The average Bonchev–Trinajstić information content (AvgIpc) is 2.33. The zero-order valence-electron chi connectivity index (χ0n) is 7.59. The van der Waals surface area contributed by atoms with Crippen LogP contribution < -0.4 is 5.32 Å². The van der Waals surface area contributed by atoms with Crippen LogP contribution in [0.2, 0.25) is 0 Å². The molecule has 0 aliphatic carbocycles. The molecule has 1 amide bonds. The van der Waals surface area contributed by atoms with Crippen LogP contribution in [0.4, 0.5) is 6.01 Å². The molecule has 72 valence electrons. The molecular formula is C7H10BrN3O2. The number of rotatable bonds is 2. The molecule has 1 aromatic heterocycles. The van der Waals surface area contributed by atoms with Crippen molar-refractivity contribution < 1.29 is 9.21 Å². The van der Waals surface area contributed by atoms with Gasteiger partial charge in [-0.2, -0.15) is 0 Å². The monoisotopic (exact) mass is 247 g/mol. The quantitative estimate of drug-likeness (QED) is 0.805. The zero-order valence-corrected chi connectivity index (χ0v) is 9.17. The summed E-state index contributed by atoms with van der Waals surface area (Å²) in [5.74, 6) is 0.193. The van der Waals surface area contributed by atoms with Crippen LogP contribution in [0.25, 0.3) is 0 Å². The number of nitrogens with zero attached hydrogens (tertiary/aromatic N) is 2. The fourth-order valence-electron chi connectivity index (χ4n) is 0.593. The minimum Gasteiger partial charge on any atom is -0.408 e. The van der Waals surface area contributed by atoms with E-state index in [1.54, 1.807) is 20.8 Å². The van der Waals surface area contributed by atoms with E-state index in [4.69, 9.17) is 4.42 Å². The second-order valence-electron chi connectivity index (χ2n) is 3.05. The van der Waals surface area contributed by atoms with E-state index in [-0.39, 0.29) is 11.9 Å². The molecule has 0 unspecified atom stereocenters. The van der Waals surface area contributed by atoms with E-state index in [1.807, 2.05) is 0 Å². The second-order valence-corrected chi connectivity index (χ2v) is 5.04. The lowest BCUT2D eigenvalue weighted by molar-refractivity contribution is -0.117. The largest absolute Gasteiger partial charge is 0.408 e. The number of amides is 1. The van der Waals surface area contributed by atoms with Crippen LogP contribution in [0.5, 0.6) is 0 Å². The van der Waals surface area contributed by atoms with Crippen molar-refractivity contribution >= 4 is 27.9 Å². The van der Waals surface area contributed by atoms with E-state index in [9.17, 15) is 4.79 Å². The van der Waals surface area contributed by atoms with Gasteiger partial charge in [0.25, 0.3) is 0 Å². The summed E-state index contributed by atoms with van der Waals surface area (Å²) in [5, 5.41) is 9.68. The van der Waals surface area contributed by atoms with E-state index in [1.165, 1.54) is 0 Å². The maximum Gasteiger partial charge on any atom is 0.322 e. The Morgan fingerprint density at radius 2 is 2.15 bits per heavy atom. The maximum atomic E-state index is 11.4. The lowest BCUT2D eigenvalue weighted by Crippen LogP contribution is -2.31. The Morgan fingerprint density at radius 3 is 2.54 bits per heavy atom. The van der Waals surface area contributed by atoms with Crippen LogP contribution in [0.15, 0.2) is 4.42 Å². The Kier molecular flexibility index (Phi) is 2.70. The third-order valence-electron chi connectivity index (χ3n) is 1.29. The highest BCUT2D eigenvalue weighted by atomic mass is 79.9. The van der Waals surface area contributed by atoms with Gasteiger partial charge in [-0.1, -0.05) is 21.0 Å². The number of halogens is 1. The molecule has 6 heteroatoms. The van der Waals surface area contributed by atoms with Crippen molar-refractivity contribution in [1.29, 1.82) is 0 Å². The van der Waals surface area contributed by atoms with Gasteiger partial charge in [-0.3, -0.25) is 10.1 Å². The Morgan fingerprint density at radius 1 is 1.54 bits per heavy atom. The Labute approximate surface area is 84.0 Å².